The molecular weight excluding hydrogens is 523 g/mol. The number of likely N-dealkylation sites (tertiary alicyclic amines) is 1. The Morgan fingerprint density at radius 2 is 1.90 bits per heavy atom. The number of alkyl halides is 2. The third kappa shape index (κ3) is 8.66. The molecule has 1 fully saturated rings. The van der Waals surface area contributed by atoms with Gasteiger partial charge < -0.3 is 24.4 Å². The maximum atomic E-state index is 12.6. The van der Waals surface area contributed by atoms with E-state index < -0.39 is 6.61 Å². The zero-order valence-electron chi connectivity index (χ0n) is 18.2. The Morgan fingerprint density at radius 1 is 1.19 bits per heavy atom. The summed E-state index contributed by atoms with van der Waals surface area (Å²) in [5.41, 5.74) is 0.817. The van der Waals surface area contributed by atoms with Crippen molar-refractivity contribution < 1.29 is 27.8 Å². The first-order valence-corrected chi connectivity index (χ1v) is 10.4. The van der Waals surface area contributed by atoms with E-state index in [2.05, 4.69) is 19.9 Å². The van der Waals surface area contributed by atoms with Crippen molar-refractivity contribution in [2.75, 3.05) is 32.8 Å². The van der Waals surface area contributed by atoms with Crippen molar-refractivity contribution in [1.29, 1.82) is 0 Å². The van der Waals surface area contributed by atoms with Gasteiger partial charge in [-0.3, -0.25) is 4.79 Å². The van der Waals surface area contributed by atoms with E-state index in [0.29, 0.717) is 39.4 Å². The van der Waals surface area contributed by atoms with Crippen LogP contribution in [-0.2, 0) is 16.1 Å². The quantitative estimate of drug-likeness (QED) is 0.215. The van der Waals surface area contributed by atoms with Gasteiger partial charge in [0, 0.05) is 19.6 Å². The SMILES string of the molecule is CCNC(=NCc1ccc(OC(F)F)c(OCC)c1)N1CCC(C(=O)OCC)CC1.I. The molecule has 31 heavy (non-hydrogen) atoms. The number of piperidine rings is 1. The summed E-state index contributed by atoms with van der Waals surface area (Å²) in [4.78, 5) is 18.7. The standard InChI is InChI=1S/C21H31F2N3O4.HI/c1-4-24-21(26-11-9-16(10-12-26)19(27)29-6-3)25-14-15-7-8-17(30-20(22)23)18(13-15)28-5-2;/h7-8,13,16,20H,4-6,9-12,14H2,1-3H3,(H,24,25);1H. The minimum atomic E-state index is -2.91. The molecule has 0 radical (unpaired) electrons. The van der Waals surface area contributed by atoms with E-state index >= 15 is 0 Å². The lowest BCUT2D eigenvalue weighted by Gasteiger charge is -2.33. The van der Waals surface area contributed by atoms with Gasteiger partial charge in [0.05, 0.1) is 25.7 Å². The highest BCUT2D eigenvalue weighted by molar-refractivity contribution is 14.0. The van der Waals surface area contributed by atoms with Crippen molar-refractivity contribution in [3.8, 4) is 11.5 Å². The molecule has 0 bridgehead atoms. The molecule has 0 saturated carbocycles. The number of guanidine groups is 1. The molecule has 2 rings (SSSR count). The largest absolute Gasteiger partial charge is 0.490 e. The average Bonchev–Trinajstić information content (AvgIpc) is 2.73. The lowest BCUT2D eigenvalue weighted by atomic mass is 9.97. The molecule has 0 unspecified atom stereocenters. The van der Waals surface area contributed by atoms with Crippen LogP contribution in [0.25, 0.3) is 0 Å². The van der Waals surface area contributed by atoms with E-state index in [9.17, 15) is 13.6 Å². The summed E-state index contributed by atoms with van der Waals surface area (Å²) in [6, 6.07) is 4.83. The van der Waals surface area contributed by atoms with Crippen LogP contribution in [0.4, 0.5) is 8.78 Å². The zero-order chi connectivity index (χ0) is 21.9. The number of carbonyl (C=O) groups is 1. The number of nitrogens with zero attached hydrogens (tertiary/aromatic N) is 2. The summed E-state index contributed by atoms with van der Waals surface area (Å²) >= 11 is 0. The Kier molecular flexibility index (Phi) is 12.5. The normalized spacial score (nSPS) is 14.8. The number of halogens is 3. The Morgan fingerprint density at radius 3 is 2.48 bits per heavy atom. The molecule has 7 nitrogen and oxygen atoms in total. The van der Waals surface area contributed by atoms with Crippen LogP contribution in [0.3, 0.4) is 0 Å². The highest BCUT2D eigenvalue weighted by Gasteiger charge is 2.27. The van der Waals surface area contributed by atoms with Crippen LogP contribution in [0.2, 0.25) is 0 Å². The van der Waals surface area contributed by atoms with Crippen LogP contribution in [0.5, 0.6) is 11.5 Å². The van der Waals surface area contributed by atoms with E-state index in [1.807, 2.05) is 13.8 Å². The smallest absolute Gasteiger partial charge is 0.387 e. The number of nitrogens with one attached hydrogen (secondary N) is 1. The fourth-order valence-corrected chi connectivity index (χ4v) is 3.29. The number of benzene rings is 1. The maximum Gasteiger partial charge on any atom is 0.387 e. The summed E-state index contributed by atoms with van der Waals surface area (Å²) in [7, 11) is 0. The Bertz CT molecular complexity index is 714. The molecule has 0 spiro atoms. The fraction of sp³-hybridized carbons (Fsp3) is 0.619. The summed E-state index contributed by atoms with van der Waals surface area (Å²) < 4.78 is 40.2. The van der Waals surface area contributed by atoms with Crippen molar-refractivity contribution in [1.82, 2.24) is 10.2 Å². The van der Waals surface area contributed by atoms with Gasteiger partial charge in [0.25, 0.3) is 0 Å². The monoisotopic (exact) mass is 555 g/mol. The number of carbonyl (C=O) groups excluding carboxylic acids is 1. The number of esters is 1. The van der Waals surface area contributed by atoms with Crippen LogP contribution in [-0.4, -0.2) is 56.3 Å². The van der Waals surface area contributed by atoms with Gasteiger partial charge in [-0.15, -0.1) is 24.0 Å². The van der Waals surface area contributed by atoms with E-state index in [4.69, 9.17) is 9.47 Å². The summed E-state index contributed by atoms with van der Waals surface area (Å²) in [5, 5.41) is 3.27. The highest BCUT2D eigenvalue weighted by atomic mass is 127. The van der Waals surface area contributed by atoms with Gasteiger partial charge in [0.2, 0.25) is 0 Å². The number of ether oxygens (including phenoxy) is 3. The molecule has 1 aromatic rings. The molecule has 0 aromatic heterocycles. The van der Waals surface area contributed by atoms with Crippen molar-refractivity contribution >= 4 is 35.9 Å². The second kappa shape index (κ2) is 14.3. The van der Waals surface area contributed by atoms with Crippen LogP contribution < -0.4 is 14.8 Å². The first-order valence-electron chi connectivity index (χ1n) is 10.4. The number of aliphatic imine (C=N–C) groups is 1. The Balaban J connectivity index is 0.00000480. The van der Waals surface area contributed by atoms with Crippen LogP contribution in [0, 0.1) is 5.92 Å². The molecular formula is C21H32F2IN3O4. The number of hydrogen-bond acceptors (Lipinski definition) is 5. The molecule has 176 valence electrons. The molecule has 1 aromatic carbocycles. The lowest BCUT2D eigenvalue weighted by molar-refractivity contribution is -0.149. The molecule has 1 heterocycles. The van der Waals surface area contributed by atoms with E-state index in [0.717, 1.165) is 24.4 Å². The zero-order valence-corrected chi connectivity index (χ0v) is 20.6. The first-order chi connectivity index (χ1) is 14.5. The van der Waals surface area contributed by atoms with Crippen molar-refractivity contribution in [2.24, 2.45) is 10.9 Å². The van der Waals surface area contributed by atoms with Crippen LogP contribution >= 0.6 is 24.0 Å². The molecule has 1 N–H and O–H groups in total. The predicted molar refractivity (Wildman–Crippen MR) is 125 cm³/mol. The summed E-state index contributed by atoms with van der Waals surface area (Å²) in [5.74, 6) is 0.831. The third-order valence-electron chi connectivity index (χ3n) is 4.68. The van der Waals surface area contributed by atoms with Gasteiger partial charge in [0.15, 0.2) is 17.5 Å². The average molecular weight is 555 g/mol. The summed E-state index contributed by atoms with van der Waals surface area (Å²) in [6.45, 7) is 5.89. The van der Waals surface area contributed by atoms with Gasteiger partial charge in [-0.1, -0.05) is 6.07 Å². The molecule has 0 amide bonds. The van der Waals surface area contributed by atoms with Crippen molar-refractivity contribution in [2.45, 2.75) is 46.8 Å². The Hall–Kier alpha value is -1.85. The van der Waals surface area contributed by atoms with Gasteiger partial charge in [-0.05, 0) is 51.3 Å². The van der Waals surface area contributed by atoms with Crippen molar-refractivity contribution in [3.05, 3.63) is 23.8 Å². The molecule has 1 saturated heterocycles. The Labute approximate surface area is 199 Å². The van der Waals surface area contributed by atoms with Crippen LogP contribution in [0.1, 0.15) is 39.2 Å². The minimum Gasteiger partial charge on any atom is -0.490 e. The van der Waals surface area contributed by atoms with Crippen LogP contribution in [0.15, 0.2) is 23.2 Å². The molecule has 1 aliphatic heterocycles. The first kappa shape index (κ1) is 27.2. The van der Waals surface area contributed by atoms with E-state index in [-0.39, 0.29) is 47.4 Å². The van der Waals surface area contributed by atoms with Gasteiger partial charge in [0.1, 0.15) is 0 Å². The van der Waals surface area contributed by atoms with Gasteiger partial charge >= 0.3 is 12.6 Å². The summed E-state index contributed by atoms with van der Waals surface area (Å²) in [6.07, 6.45) is 1.44. The topological polar surface area (TPSA) is 72.4 Å². The van der Waals surface area contributed by atoms with Crippen molar-refractivity contribution in [3.63, 3.8) is 0 Å². The molecule has 0 atom stereocenters. The molecule has 0 aliphatic carbocycles. The lowest BCUT2D eigenvalue weighted by Crippen LogP contribution is -2.46. The maximum absolute atomic E-state index is 12.6. The fourth-order valence-electron chi connectivity index (χ4n) is 3.29. The van der Waals surface area contributed by atoms with Gasteiger partial charge in [-0.25, -0.2) is 4.99 Å². The van der Waals surface area contributed by atoms with E-state index in [1.54, 1.807) is 19.1 Å². The molecule has 10 heteroatoms. The third-order valence-corrected chi connectivity index (χ3v) is 4.68. The second-order valence-corrected chi connectivity index (χ2v) is 6.78. The van der Waals surface area contributed by atoms with E-state index in [1.165, 1.54) is 6.07 Å². The number of hydrogen-bond donors (Lipinski definition) is 1. The predicted octanol–water partition coefficient (Wildman–Crippen LogP) is 4.05. The highest BCUT2D eigenvalue weighted by Crippen LogP contribution is 2.30. The van der Waals surface area contributed by atoms with Gasteiger partial charge in [-0.2, -0.15) is 8.78 Å². The second-order valence-electron chi connectivity index (χ2n) is 6.78. The molecule has 1 aliphatic rings. The minimum absolute atomic E-state index is 0. The number of rotatable bonds is 9.